The molecular formula is C16H20N2O7S. The maximum Gasteiger partial charge on any atom is 0.349 e. The molecule has 1 unspecified atom stereocenters. The van der Waals surface area contributed by atoms with Gasteiger partial charge in [0, 0.05) is 19.2 Å². The summed E-state index contributed by atoms with van der Waals surface area (Å²) in [6.45, 7) is 4.30. The number of rotatable bonds is 6. The molecular weight excluding hydrogens is 364 g/mol. The van der Waals surface area contributed by atoms with Gasteiger partial charge in [-0.2, -0.15) is 0 Å². The number of piperidine rings is 1. The molecule has 1 aliphatic heterocycles. The molecule has 1 aromatic heterocycles. The molecule has 0 bridgehead atoms. The Bertz CT molecular complexity index is 695. The van der Waals surface area contributed by atoms with Gasteiger partial charge in [0.1, 0.15) is 4.88 Å². The Morgan fingerprint density at radius 2 is 2.00 bits per heavy atom. The molecule has 0 N–H and O–H groups in total. The monoisotopic (exact) mass is 384 g/mol. The van der Waals surface area contributed by atoms with Gasteiger partial charge < -0.3 is 14.4 Å². The van der Waals surface area contributed by atoms with Crippen LogP contribution in [0, 0.1) is 16.0 Å². The maximum atomic E-state index is 12.4. The standard InChI is InChI=1S/C16H20N2O7S/c1-3-24-15(20)11-6-8-17(9-7-11)14(19)10(2)25-16(21)12-4-5-13(26-12)18(22)23/h4-5,10-11H,3,6-9H2,1-2H3. The van der Waals surface area contributed by atoms with E-state index in [1.807, 2.05) is 0 Å². The largest absolute Gasteiger partial charge is 0.466 e. The van der Waals surface area contributed by atoms with E-state index in [4.69, 9.17) is 9.47 Å². The van der Waals surface area contributed by atoms with Crippen molar-refractivity contribution in [2.45, 2.75) is 32.8 Å². The first kappa shape index (κ1) is 19.8. The van der Waals surface area contributed by atoms with Crippen LogP contribution < -0.4 is 0 Å². The average Bonchev–Trinajstić information content (AvgIpc) is 3.12. The van der Waals surface area contributed by atoms with E-state index in [1.54, 1.807) is 11.8 Å². The van der Waals surface area contributed by atoms with Crippen molar-refractivity contribution in [1.82, 2.24) is 4.90 Å². The Kier molecular flexibility index (Phi) is 6.67. The van der Waals surface area contributed by atoms with Gasteiger partial charge in [-0.3, -0.25) is 19.7 Å². The summed E-state index contributed by atoms with van der Waals surface area (Å²) in [5, 5.41) is 10.5. The summed E-state index contributed by atoms with van der Waals surface area (Å²) >= 11 is 0.697. The van der Waals surface area contributed by atoms with Crippen LogP contribution in [0.4, 0.5) is 5.00 Å². The number of carbonyl (C=O) groups excluding carboxylic acids is 3. The minimum absolute atomic E-state index is 0.0670. The zero-order chi connectivity index (χ0) is 19.3. The van der Waals surface area contributed by atoms with Gasteiger partial charge in [0.25, 0.3) is 5.91 Å². The molecule has 1 atom stereocenters. The lowest BCUT2D eigenvalue weighted by Gasteiger charge is -2.32. The minimum Gasteiger partial charge on any atom is -0.466 e. The SMILES string of the molecule is CCOC(=O)C1CCN(C(=O)C(C)OC(=O)c2ccc([N+](=O)[O-])s2)CC1. The Balaban J connectivity index is 1.86. The molecule has 9 nitrogen and oxygen atoms in total. The smallest absolute Gasteiger partial charge is 0.349 e. The first-order valence-corrected chi connectivity index (χ1v) is 9.05. The van der Waals surface area contributed by atoms with E-state index in [2.05, 4.69) is 0 Å². The average molecular weight is 384 g/mol. The van der Waals surface area contributed by atoms with Gasteiger partial charge in [0.15, 0.2) is 6.10 Å². The predicted molar refractivity (Wildman–Crippen MR) is 91.8 cm³/mol. The number of nitro groups is 1. The van der Waals surface area contributed by atoms with Crippen LogP contribution in [-0.2, 0) is 19.1 Å². The summed E-state index contributed by atoms with van der Waals surface area (Å²) in [4.78, 5) is 47.8. The van der Waals surface area contributed by atoms with Gasteiger partial charge in [0.2, 0.25) is 0 Å². The summed E-state index contributed by atoms with van der Waals surface area (Å²) in [6, 6.07) is 2.51. The fourth-order valence-corrected chi connectivity index (χ4v) is 3.36. The van der Waals surface area contributed by atoms with Crippen LogP contribution in [0.25, 0.3) is 0 Å². The second-order valence-electron chi connectivity index (χ2n) is 5.79. The van der Waals surface area contributed by atoms with Crippen molar-refractivity contribution in [3.05, 3.63) is 27.1 Å². The lowest BCUT2D eigenvalue weighted by Crippen LogP contribution is -2.45. The van der Waals surface area contributed by atoms with E-state index in [9.17, 15) is 24.5 Å². The number of esters is 2. The van der Waals surface area contributed by atoms with Crippen LogP contribution in [0.1, 0.15) is 36.4 Å². The van der Waals surface area contributed by atoms with E-state index >= 15 is 0 Å². The number of thiophene rings is 1. The summed E-state index contributed by atoms with van der Waals surface area (Å²) in [5.41, 5.74) is 0. The zero-order valence-electron chi connectivity index (χ0n) is 14.5. The Labute approximate surface area is 154 Å². The predicted octanol–water partition coefficient (Wildman–Crippen LogP) is 2.00. The molecule has 0 aliphatic carbocycles. The van der Waals surface area contributed by atoms with Gasteiger partial charge in [-0.1, -0.05) is 11.3 Å². The van der Waals surface area contributed by atoms with Crippen LogP contribution in [0.2, 0.25) is 0 Å². The Morgan fingerprint density at radius 1 is 1.35 bits per heavy atom. The molecule has 1 aliphatic rings. The molecule has 142 valence electrons. The molecule has 10 heteroatoms. The van der Waals surface area contributed by atoms with Crippen LogP contribution in [0.3, 0.4) is 0 Å². The summed E-state index contributed by atoms with van der Waals surface area (Å²) in [6.07, 6.45) is -0.00662. The molecule has 1 amide bonds. The fraction of sp³-hybridized carbons (Fsp3) is 0.562. The van der Waals surface area contributed by atoms with Gasteiger partial charge in [0.05, 0.1) is 17.4 Å². The van der Waals surface area contributed by atoms with E-state index in [1.165, 1.54) is 19.1 Å². The molecule has 26 heavy (non-hydrogen) atoms. The Hall–Kier alpha value is -2.49. The van der Waals surface area contributed by atoms with Crippen LogP contribution >= 0.6 is 11.3 Å². The summed E-state index contributed by atoms with van der Waals surface area (Å²) < 4.78 is 10.1. The molecule has 2 rings (SSSR count). The van der Waals surface area contributed by atoms with Crippen molar-refractivity contribution < 1.29 is 28.8 Å². The van der Waals surface area contributed by atoms with E-state index in [0.29, 0.717) is 43.9 Å². The van der Waals surface area contributed by atoms with Crippen molar-refractivity contribution in [3.63, 3.8) is 0 Å². The second-order valence-corrected chi connectivity index (χ2v) is 6.86. The first-order valence-electron chi connectivity index (χ1n) is 8.24. The molecule has 0 aromatic carbocycles. The molecule has 1 saturated heterocycles. The van der Waals surface area contributed by atoms with Crippen molar-refractivity contribution in [1.29, 1.82) is 0 Å². The van der Waals surface area contributed by atoms with Gasteiger partial charge >= 0.3 is 16.9 Å². The first-order chi connectivity index (χ1) is 12.3. The van der Waals surface area contributed by atoms with Crippen LogP contribution in [0.5, 0.6) is 0 Å². The lowest BCUT2D eigenvalue weighted by atomic mass is 9.97. The number of ether oxygens (including phenoxy) is 2. The van der Waals surface area contributed by atoms with Gasteiger partial charge in [-0.25, -0.2) is 4.79 Å². The summed E-state index contributed by atoms with van der Waals surface area (Å²) in [5.74, 6) is -1.60. The number of nitrogens with zero attached hydrogens (tertiary/aromatic N) is 2. The third-order valence-electron chi connectivity index (χ3n) is 4.03. The quantitative estimate of drug-likeness (QED) is 0.418. The number of hydrogen-bond acceptors (Lipinski definition) is 8. The second kappa shape index (κ2) is 8.75. The van der Waals surface area contributed by atoms with E-state index < -0.39 is 17.0 Å². The number of likely N-dealkylation sites (tertiary alicyclic amines) is 1. The van der Waals surface area contributed by atoms with Crippen LogP contribution in [-0.4, -0.2) is 53.5 Å². The molecule has 0 radical (unpaired) electrons. The van der Waals surface area contributed by atoms with E-state index in [0.717, 1.165) is 0 Å². The highest BCUT2D eigenvalue weighted by Gasteiger charge is 2.31. The number of amides is 1. The van der Waals surface area contributed by atoms with Crippen molar-refractivity contribution in [2.24, 2.45) is 5.92 Å². The Morgan fingerprint density at radius 3 is 2.54 bits per heavy atom. The van der Waals surface area contributed by atoms with Crippen molar-refractivity contribution in [3.8, 4) is 0 Å². The summed E-state index contributed by atoms with van der Waals surface area (Å²) in [7, 11) is 0. The topological polar surface area (TPSA) is 116 Å². The lowest BCUT2D eigenvalue weighted by molar-refractivity contribution is -0.380. The zero-order valence-corrected chi connectivity index (χ0v) is 15.3. The molecule has 1 aromatic rings. The minimum atomic E-state index is -1.01. The molecule has 0 spiro atoms. The van der Waals surface area contributed by atoms with Gasteiger partial charge in [-0.05, 0) is 32.8 Å². The van der Waals surface area contributed by atoms with Crippen molar-refractivity contribution in [2.75, 3.05) is 19.7 Å². The third kappa shape index (κ3) is 4.78. The third-order valence-corrected chi connectivity index (χ3v) is 5.05. The molecule has 0 saturated carbocycles. The van der Waals surface area contributed by atoms with Gasteiger partial charge in [-0.15, -0.1) is 0 Å². The normalized spacial score (nSPS) is 16.0. The fourth-order valence-electron chi connectivity index (χ4n) is 2.66. The molecule has 1 fully saturated rings. The number of hydrogen-bond donors (Lipinski definition) is 0. The highest BCUT2D eigenvalue weighted by molar-refractivity contribution is 7.17. The molecule has 2 heterocycles. The van der Waals surface area contributed by atoms with Crippen molar-refractivity contribution >= 4 is 34.2 Å². The highest BCUT2D eigenvalue weighted by atomic mass is 32.1. The maximum absolute atomic E-state index is 12.4. The highest BCUT2D eigenvalue weighted by Crippen LogP contribution is 2.25. The number of carbonyl (C=O) groups is 3. The van der Waals surface area contributed by atoms with E-state index in [-0.39, 0.29) is 27.7 Å². The van der Waals surface area contributed by atoms with Crippen LogP contribution in [0.15, 0.2) is 12.1 Å².